The quantitative estimate of drug-likeness (QED) is 0.557. The molecule has 0 bridgehead atoms. The van der Waals surface area contributed by atoms with Crippen LogP contribution >= 0.6 is 0 Å². The monoisotopic (exact) mass is 400 g/mol. The van der Waals surface area contributed by atoms with Gasteiger partial charge in [-0.2, -0.15) is 0 Å². The van der Waals surface area contributed by atoms with Gasteiger partial charge in [0.25, 0.3) is 0 Å². The minimum Gasteiger partial charge on any atom is -0.384 e. The molecule has 0 aliphatic carbocycles. The number of rotatable bonds is 9. The van der Waals surface area contributed by atoms with Crippen LogP contribution in [-0.2, 0) is 28.5 Å². The summed E-state index contributed by atoms with van der Waals surface area (Å²) in [5, 5.41) is 0. The van der Waals surface area contributed by atoms with Crippen molar-refractivity contribution in [1.82, 2.24) is 14.5 Å². The van der Waals surface area contributed by atoms with Gasteiger partial charge in [0.2, 0.25) is 0 Å². The molecule has 3 aromatic rings. The summed E-state index contributed by atoms with van der Waals surface area (Å²) in [6.45, 7) is 5.45. The highest BCUT2D eigenvalue weighted by atomic mass is 32.2. The van der Waals surface area contributed by atoms with E-state index in [4.69, 9.17) is 15.5 Å². The molecule has 1 unspecified atom stereocenters. The first kappa shape index (κ1) is 20.5. The predicted molar refractivity (Wildman–Crippen MR) is 114 cm³/mol. The second-order valence-corrected chi connectivity index (χ2v) is 8.47. The zero-order chi connectivity index (χ0) is 20.1. The Hall–Kier alpha value is -2.25. The Balaban J connectivity index is 1.76. The van der Waals surface area contributed by atoms with E-state index in [2.05, 4.69) is 16.5 Å². The smallest absolute Gasteiger partial charge is 0.151 e. The highest BCUT2D eigenvalue weighted by Gasteiger charge is 2.17. The number of nitrogens with two attached hydrogens (primary N) is 1. The Morgan fingerprint density at radius 3 is 2.61 bits per heavy atom. The Morgan fingerprint density at radius 1 is 1.14 bits per heavy atom. The van der Waals surface area contributed by atoms with Crippen molar-refractivity contribution in [1.29, 1.82) is 0 Å². The van der Waals surface area contributed by atoms with Crippen LogP contribution in [0.5, 0.6) is 0 Å². The summed E-state index contributed by atoms with van der Waals surface area (Å²) in [7, 11) is 0.736. The van der Waals surface area contributed by atoms with E-state index in [1.54, 1.807) is 7.11 Å². The van der Waals surface area contributed by atoms with Gasteiger partial charge in [-0.05, 0) is 44.4 Å². The summed E-state index contributed by atoms with van der Waals surface area (Å²) in [5.41, 5.74) is 9.99. The number of nitrogens with zero attached hydrogens (tertiary/aromatic N) is 3. The molecule has 0 radical (unpaired) electrons. The van der Waals surface area contributed by atoms with Gasteiger partial charge in [0.1, 0.15) is 11.3 Å². The number of aryl methyl sites for hydroxylation is 3. The van der Waals surface area contributed by atoms with Crippen molar-refractivity contribution < 1.29 is 8.95 Å². The van der Waals surface area contributed by atoms with E-state index in [1.165, 1.54) is 0 Å². The maximum atomic E-state index is 12.4. The largest absolute Gasteiger partial charge is 0.384 e. The molecule has 6 nitrogen and oxygen atoms in total. The summed E-state index contributed by atoms with van der Waals surface area (Å²) in [6.07, 6.45) is 2.52. The number of fused-ring (bicyclic) bond motifs is 1. The van der Waals surface area contributed by atoms with Crippen LogP contribution in [0, 0.1) is 13.8 Å². The molecule has 0 aliphatic rings. The fourth-order valence-corrected chi connectivity index (χ4v) is 4.53. The van der Waals surface area contributed by atoms with Crippen molar-refractivity contribution in [2.24, 2.45) is 0 Å². The van der Waals surface area contributed by atoms with E-state index in [-0.39, 0.29) is 0 Å². The molecule has 1 aromatic carbocycles. The molecular formula is C21H28N4O2S. The number of imidazole rings is 1. The highest BCUT2D eigenvalue weighted by molar-refractivity contribution is 7.85. The zero-order valence-electron chi connectivity index (χ0n) is 16.8. The topological polar surface area (TPSA) is 83.0 Å². The molecule has 0 aliphatic heterocycles. The van der Waals surface area contributed by atoms with Crippen LogP contribution < -0.4 is 5.73 Å². The molecule has 0 fully saturated rings. The number of unbranched alkanes of at least 4 members (excludes halogenated alkanes) is 1. The van der Waals surface area contributed by atoms with E-state index >= 15 is 0 Å². The van der Waals surface area contributed by atoms with Crippen LogP contribution in [0.2, 0.25) is 0 Å². The average molecular weight is 401 g/mol. The Morgan fingerprint density at radius 2 is 1.89 bits per heavy atom. The van der Waals surface area contributed by atoms with Gasteiger partial charge in [-0.1, -0.05) is 18.2 Å². The molecule has 7 heteroatoms. The molecule has 28 heavy (non-hydrogen) atoms. The van der Waals surface area contributed by atoms with Crippen molar-refractivity contribution in [2.45, 2.75) is 44.6 Å². The second-order valence-electron chi connectivity index (χ2n) is 6.90. The normalized spacial score (nSPS) is 12.5. The van der Waals surface area contributed by atoms with E-state index in [0.717, 1.165) is 58.8 Å². The van der Waals surface area contributed by atoms with Crippen LogP contribution in [-0.4, -0.2) is 38.2 Å². The predicted octanol–water partition coefficient (Wildman–Crippen LogP) is 3.41. The Bertz CT molecular complexity index is 970. The lowest BCUT2D eigenvalue weighted by Gasteiger charge is -2.12. The number of pyridine rings is 1. The first-order valence-electron chi connectivity index (χ1n) is 9.57. The van der Waals surface area contributed by atoms with E-state index in [0.29, 0.717) is 18.2 Å². The summed E-state index contributed by atoms with van der Waals surface area (Å²) in [5.74, 6) is 2.09. The van der Waals surface area contributed by atoms with Gasteiger partial charge >= 0.3 is 0 Å². The number of nitrogen functional groups attached to an aromatic ring is 1. The number of methoxy groups -OCH3 is 1. The first-order chi connectivity index (χ1) is 13.5. The molecule has 0 amide bonds. The van der Waals surface area contributed by atoms with Gasteiger partial charge in [0.15, 0.2) is 5.82 Å². The van der Waals surface area contributed by atoms with Crippen LogP contribution in [0.1, 0.15) is 29.9 Å². The van der Waals surface area contributed by atoms with Gasteiger partial charge in [0.05, 0.1) is 22.9 Å². The van der Waals surface area contributed by atoms with Crippen LogP contribution in [0.4, 0.5) is 5.82 Å². The van der Waals surface area contributed by atoms with E-state index in [1.807, 2.05) is 37.3 Å². The maximum absolute atomic E-state index is 12.4. The standard InChI is InChI=1S/C21H28N4O2S/c1-15-16(2)23-21(22)19-20(15)25(18(24-19)11-13-27-3)12-7-8-14-28(26)17-9-5-4-6-10-17/h4-6,9-10H,7-8,11-14H2,1-3H3,(H2,22,23). The molecule has 150 valence electrons. The van der Waals surface area contributed by atoms with Gasteiger partial charge < -0.3 is 15.0 Å². The molecular weight excluding hydrogens is 372 g/mol. The van der Waals surface area contributed by atoms with Gasteiger partial charge in [-0.15, -0.1) is 0 Å². The Kier molecular flexibility index (Phi) is 6.80. The lowest BCUT2D eigenvalue weighted by atomic mass is 10.2. The second kappa shape index (κ2) is 9.30. The van der Waals surface area contributed by atoms with Gasteiger partial charge in [-0.3, -0.25) is 4.21 Å². The highest BCUT2D eigenvalue weighted by Crippen LogP contribution is 2.26. The molecule has 3 rings (SSSR count). The molecule has 0 spiro atoms. The van der Waals surface area contributed by atoms with Crippen molar-refractivity contribution in [2.75, 3.05) is 25.2 Å². The lowest BCUT2D eigenvalue weighted by molar-refractivity contribution is 0.199. The fraction of sp³-hybridized carbons (Fsp3) is 0.429. The summed E-state index contributed by atoms with van der Waals surface area (Å²) < 4.78 is 19.9. The number of anilines is 1. The number of aromatic nitrogens is 3. The maximum Gasteiger partial charge on any atom is 0.151 e. The lowest BCUT2D eigenvalue weighted by Crippen LogP contribution is -2.09. The van der Waals surface area contributed by atoms with Crippen molar-refractivity contribution in [3.05, 3.63) is 47.4 Å². The fourth-order valence-electron chi connectivity index (χ4n) is 3.36. The third-order valence-electron chi connectivity index (χ3n) is 4.97. The number of hydrogen-bond acceptors (Lipinski definition) is 5. The third kappa shape index (κ3) is 4.42. The Labute approximate surface area is 168 Å². The van der Waals surface area contributed by atoms with Gasteiger partial charge in [-0.25, -0.2) is 9.97 Å². The summed E-state index contributed by atoms with van der Waals surface area (Å²) >= 11 is 0. The average Bonchev–Trinajstić information content (AvgIpc) is 3.07. The van der Waals surface area contributed by atoms with E-state index in [9.17, 15) is 4.21 Å². The molecule has 0 saturated carbocycles. The molecule has 0 saturated heterocycles. The molecule has 2 aromatic heterocycles. The molecule has 2 N–H and O–H groups in total. The van der Waals surface area contributed by atoms with Crippen molar-refractivity contribution in [3.8, 4) is 0 Å². The molecule has 2 heterocycles. The zero-order valence-corrected chi connectivity index (χ0v) is 17.6. The first-order valence-corrected chi connectivity index (χ1v) is 10.9. The van der Waals surface area contributed by atoms with E-state index < -0.39 is 10.8 Å². The SMILES string of the molecule is COCCc1nc2c(N)nc(C)c(C)c2n1CCCCS(=O)c1ccccc1. The van der Waals surface area contributed by atoms with Crippen LogP contribution in [0.3, 0.4) is 0 Å². The van der Waals surface area contributed by atoms with Gasteiger partial charge in [0, 0.05) is 36.4 Å². The minimum absolute atomic E-state index is 0.473. The van der Waals surface area contributed by atoms with Crippen LogP contribution in [0.25, 0.3) is 11.0 Å². The van der Waals surface area contributed by atoms with Crippen molar-refractivity contribution in [3.63, 3.8) is 0 Å². The number of ether oxygens (including phenoxy) is 1. The van der Waals surface area contributed by atoms with Crippen molar-refractivity contribution >= 4 is 27.7 Å². The number of benzene rings is 1. The summed E-state index contributed by atoms with van der Waals surface area (Å²) in [4.78, 5) is 10.1. The third-order valence-corrected chi connectivity index (χ3v) is 6.43. The summed E-state index contributed by atoms with van der Waals surface area (Å²) in [6, 6.07) is 9.64. The molecule has 1 atom stereocenters. The van der Waals surface area contributed by atoms with Crippen LogP contribution in [0.15, 0.2) is 35.2 Å². The minimum atomic E-state index is -0.956. The number of hydrogen-bond donors (Lipinski definition) is 1.